The van der Waals surface area contributed by atoms with Crippen molar-refractivity contribution in [1.82, 2.24) is 5.32 Å². The second-order valence-corrected chi connectivity index (χ2v) is 5.06. The van der Waals surface area contributed by atoms with Gasteiger partial charge in [0.25, 0.3) is 0 Å². The minimum absolute atomic E-state index is 0.114. The van der Waals surface area contributed by atoms with Crippen LogP contribution in [-0.4, -0.2) is 44.0 Å². The predicted octanol–water partition coefficient (Wildman–Crippen LogP) is 1.25. The number of anilines is 1. The monoisotopic (exact) mass is 250 g/mol. The van der Waals surface area contributed by atoms with Crippen LogP contribution < -0.4 is 15.0 Å². The van der Waals surface area contributed by atoms with Crippen molar-refractivity contribution in [2.45, 2.75) is 18.9 Å². The first-order chi connectivity index (χ1) is 8.68. The van der Waals surface area contributed by atoms with Crippen LogP contribution >= 0.6 is 0 Å². The molecule has 100 valence electrons. The zero-order valence-electron chi connectivity index (χ0n) is 11.1. The van der Waals surface area contributed by atoms with E-state index in [-0.39, 0.29) is 12.1 Å². The first-order valence-corrected chi connectivity index (χ1v) is 6.45. The number of nitrogens with one attached hydrogen (secondary N) is 1. The standard InChI is InChI=1S/C14H22N2O2/c1-14(11-17,15-2)10-16-8-5-9-18-13-7-4-3-6-12(13)16/h3-4,6-7,15,17H,5,8-11H2,1-2H3. The van der Waals surface area contributed by atoms with E-state index in [1.807, 2.05) is 32.2 Å². The molecule has 18 heavy (non-hydrogen) atoms. The van der Waals surface area contributed by atoms with Crippen LogP contribution in [-0.2, 0) is 0 Å². The van der Waals surface area contributed by atoms with Crippen molar-refractivity contribution in [3.63, 3.8) is 0 Å². The molecule has 1 aliphatic rings. The summed E-state index contributed by atoms with van der Waals surface area (Å²) >= 11 is 0. The Hall–Kier alpha value is -1.26. The smallest absolute Gasteiger partial charge is 0.142 e. The van der Waals surface area contributed by atoms with Gasteiger partial charge in [0.05, 0.1) is 24.4 Å². The molecule has 0 aliphatic carbocycles. The van der Waals surface area contributed by atoms with E-state index < -0.39 is 0 Å². The van der Waals surface area contributed by atoms with E-state index in [4.69, 9.17) is 4.74 Å². The van der Waals surface area contributed by atoms with Gasteiger partial charge in [0.2, 0.25) is 0 Å². The fraction of sp³-hybridized carbons (Fsp3) is 0.571. The zero-order chi connectivity index (χ0) is 13.0. The van der Waals surface area contributed by atoms with Crippen molar-refractivity contribution in [1.29, 1.82) is 0 Å². The lowest BCUT2D eigenvalue weighted by molar-refractivity contribution is 0.185. The SMILES string of the molecule is CNC(C)(CO)CN1CCCOc2ccccc21. The largest absolute Gasteiger partial charge is 0.491 e. The Morgan fingerprint density at radius 3 is 2.94 bits per heavy atom. The molecule has 4 heteroatoms. The van der Waals surface area contributed by atoms with Crippen LogP contribution in [0.4, 0.5) is 5.69 Å². The molecule has 2 N–H and O–H groups in total. The molecule has 0 amide bonds. The van der Waals surface area contributed by atoms with E-state index in [1.54, 1.807) is 0 Å². The molecule has 1 aliphatic heterocycles. The molecule has 2 rings (SSSR count). The fourth-order valence-electron chi connectivity index (χ4n) is 2.19. The van der Waals surface area contributed by atoms with E-state index >= 15 is 0 Å². The number of aliphatic hydroxyl groups is 1. The lowest BCUT2D eigenvalue weighted by atomic mass is 10.0. The molecule has 1 aromatic rings. The van der Waals surface area contributed by atoms with Gasteiger partial charge in [-0.05, 0) is 32.5 Å². The minimum Gasteiger partial charge on any atom is -0.491 e. The van der Waals surface area contributed by atoms with Crippen molar-refractivity contribution in [2.24, 2.45) is 0 Å². The Balaban J connectivity index is 2.23. The Morgan fingerprint density at radius 2 is 2.22 bits per heavy atom. The van der Waals surface area contributed by atoms with Crippen molar-refractivity contribution in [3.8, 4) is 5.75 Å². The van der Waals surface area contributed by atoms with E-state index in [0.717, 1.165) is 37.6 Å². The molecular formula is C14H22N2O2. The highest BCUT2D eigenvalue weighted by molar-refractivity contribution is 5.59. The summed E-state index contributed by atoms with van der Waals surface area (Å²) in [4.78, 5) is 2.29. The zero-order valence-corrected chi connectivity index (χ0v) is 11.1. The number of ether oxygens (including phenoxy) is 1. The van der Waals surface area contributed by atoms with Crippen LogP contribution in [0.2, 0.25) is 0 Å². The third-order valence-electron chi connectivity index (χ3n) is 3.53. The third kappa shape index (κ3) is 2.76. The Kier molecular flexibility index (Phi) is 4.09. The van der Waals surface area contributed by atoms with Gasteiger partial charge in [0.1, 0.15) is 5.75 Å². The quantitative estimate of drug-likeness (QED) is 0.844. The van der Waals surface area contributed by atoms with E-state index in [9.17, 15) is 5.11 Å². The van der Waals surface area contributed by atoms with E-state index in [1.165, 1.54) is 0 Å². The predicted molar refractivity (Wildman–Crippen MR) is 73.3 cm³/mol. The third-order valence-corrected chi connectivity index (χ3v) is 3.53. The van der Waals surface area contributed by atoms with Gasteiger partial charge in [0.15, 0.2) is 0 Å². The lowest BCUT2D eigenvalue weighted by Crippen LogP contribution is -2.52. The lowest BCUT2D eigenvalue weighted by Gasteiger charge is -2.35. The van der Waals surface area contributed by atoms with Gasteiger partial charge in [0, 0.05) is 13.1 Å². The van der Waals surface area contributed by atoms with Gasteiger partial charge in [-0.15, -0.1) is 0 Å². The molecule has 0 aromatic heterocycles. The van der Waals surface area contributed by atoms with Crippen molar-refractivity contribution >= 4 is 5.69 Å². The van der Waals surface area contributed by atoms with Gasteiger partial charge in [-0.3, -0.25) is 0 Å². The van der Waals surface area contributed by atoms with E-state index in [2.05, 4.69) is 16.3 Å². The summed E-state index contributed by atoms with van der Waals surface area (Å²) in [6.45, 7) is 4.61. The summed E-state index contributed by atoms with van der Waals surface area (Å²) in [5, 5.41) is 12.7. The molecule has 1 aromatic carbocycles. The summed E-state index contributed by atoms with van der Waals surface area (Å²) in [6.07, 6.45) is 1.000. The average Bonchev–Trinajstić information content (AvgIpc) is 2.61. The molecule has 0 radical (unpaired) electrons. The number of nitrogens with zero attached hydrogens (tertiary/aromatic N) is 1. The molecule has 0 bridgehead atoms. The summed E-state index contributed by atoms with van der Waals surface area (Å²) in [5.41, 5.74) is 0.821. The highest BCUT2D eigenvalue weighted by atomic mass is 16.5. The molecule has 1 heterocycles. The summed E-state index contributed by atoms with van der Waals surface area (Å²) < 4.78 is 5.74. The first-order valence-electron chi connectivity index (χ1n) is 6.45. The Labute approximate surface area is 109 Å². The van der Waals surface area contributed by atoms with Crippen LogP contribution in [0.5, 0.6) is 5.75 Å². The highest BCUT2D eigenvalue weighted by Crippen LogP contribution is 2.31. The molecule has 0 spiro atoms. The number of benzene rings is 1. The number of hydrogen-bond donors (Lipinski definition) is 2. The maximum Gasteiger partial charge on any atom is 0.142 e. The second-order valence-electron chi connectivity index (χ2n) is 5.06. The van der Waals surface area contributed by atoms with E-state index in [0.29, 0.717) is 0 Å². The van der Waals surface area contributed by atoms with Gasteiger partial charge < -0.3 is 20.1 Å². The molecule has 1 unspecified atom stereocenters. The van der Waals surface area contributed by atoms with Crippen molar-refractivity contribution in [2.75, 3.05) is 38.3 Å². The number of likely N-dealkylation sites (N-methyl/N-ethyl adjacent to an activating group) is 1. The molecule has 0 saturated heterocycles. The molecule has 0 saturated carbocycles. The van der Waals surface area contributed by atoms with Crippen LogP contribution in [0, 0.1) is 0 Å². The molecular weight excluding hydrogens is 228 g/mol. The topological polar surface area (TPSA) is 44.7 Å². The van der Waals surface area contributed by atoms with Gasteiger partial charge in [-0.2, -0.15) is 0 Å². The van der Waals surface area contributed by atoms with Gasteiger partial charge >= 0.3 is 0 Å². The normalized spacial score (nSPS) is 18.5. The van der Waals surface area contributed by atoms with Crippen LogP contribution in [0.25, 0.3) is 0 Å². The molecule has 4 nitrogen and oxygen atoms in total. The number of hydrogen-bond acceptors (Lipinski definition) is 4. The second kappa shape index (κ2) is 5.59. The highest BCUT2D eigenvalue weighted by Gasteiger charge is 2.26. The number of para-hydroxylation sites is 2. The fourth-order valence-corrected chi connectivity index (χ4v) is 2.19. The molecule has 1 atom stereocenters. The van der Waals surface area contributed by atoms with Gasteiger partial charge in [-0.25, -0.2) is 0 Å². The molecule has 0 fully saturated rings. The van der Waals surface area contributed by atoms with Crippen LogP contribution in [0.1, 0.15) is 13.3 Å². The summed E-state index contributed by atoms with van der Waals surface area (Å²) in [5.74, 6) is 0.936. The average molecular weight is 250 g/mol. The minimum atomic E-state index is -0.294. The van der Waals surface area contributed by atoms with Crippen molar-refractivity contribution in [3.05, 3.63) is 24.3 Å². The first kappa shape index (κ1) is 13.2. The van der Waals surface area contributed by atoms with Crippen molar-refractivity contribution < 1.29 is 9.84 Å². The van der Waals surface area contributed by atoms with Crippen LogP contribution in [0.15, 0.2) is 24.3 Å². The summed E-state index contributed by atoms with van der Waals surface area (Å²) in [6, 6.07) is 8.10. The number of aliphatic hydroxyl groups excluding tert-OH is 1. The Morgan fingerprint density at radius 1 is 1.44 bits per heavy atom. The maximum absolute atomic E-state index is 9.51. The summed E-state index contributed by atoms with van der Waals surface area (Å²) in [7, 11) is 1.89. The van der Waals surface area contributed by atoms with Gasteiger partial charge in [-0.1, -0.05) is 12.1 Å². The number of fused-ring (bicyclic) bond motifs is 1. The van der Waals surface area contributed by atoms with Crippen LogP contribution in [0.3, 0.4) is 0 Å². The Bertz CT molecular complexity index is 391. The number of rotatable bonds is 4. The maximum atomic E-state index is 9.51.